The molecule has 1 aromatic carbocycles. The predicted molar refractivity (Wildman–Crippen MR) is 70.9 cm³/mol. The molecule has 1 amide bonds. The van der Waals surface area contributed by atoms with Gasteiger partial charge in [0.2, 0.25) is 0 Å². The normalized spacial score (nSPS) is 11.9. The highest BCUT2D eigenvalue weighted by Gasteiger charge is 2.35. The van der Waals surface area contributed by atoms with Crippen LogP contribution in [0, 0.1) is 17.6 Å². The Morgan fingerprint density at radius 2 is 1.71 bits per heavy atom. The first-order valence-corrected chi connectivity index (χ1v) is 6.81. The van der Waals surface area contributed by atoms with E-state index in [1.54, 1.807) is 13.8 Å². The van der Waals surface area contributed by atoms with Crippen molar-refractivity contribution >= 4 is 21.8 Å². The quantitative estimate of drug-likeness (QED) is 0.716. The molecule has 0 aliphatic rings. The number of nitrogens with zero attached hydrogens (tertiary/aromatic N) is 1. The average Bonchev–Trinajstić information content (AvgIpc) is 2.23. The van der Waals surface area contributed by atoms with Gasteiger partial charge in [-0.25, -0.2) is 8.78 Å². The van der Waals surface area contributed by atoms with Gasteiger partial charge in [0.15, 0.2) is 0 Å². The summed E-state index contributed by atoms with van der Waals surface area (Å²) >= 11 is 2.84. The number of benzene rings is 1. The third-order valence-corrected chi connectivity index (χ3v) is 2.92. The summed E-state index contributed by atoms with van der Waals surface area (Å²) < 4.78 is 65.0. The molecule has 0 fully saturated rings. The SMILES string of the molecule is CC(C)CN(CC(F)(F)F)C(=O)c1c(F)cc(Br)cc1F. The Bertz CT molecular complexity index is 507. The third-order valence-electron chi connectivity index (χ3n) is 2.46. The van der Waals surface area contributed by atoms with E-state index >= 15 is 0 Å². The van der Waals surface area contributed by atoms with E-state index in [1.165, 1.54) is 0 Å². The monoisotopic (exact) mass is 373 g/mol. The minimum absolute atomic E-state index is 0.0558. The van der Waals surface area contributed by atoms with Crippen LogP contribution in [-0.4, -0.2) is 30.1 Å². The lowest BCUT2D eigenvalue weighted by Crippen LogP contribution is -2.41. The zero-order valence-electron chi connectivity index (χ0n) is 11.3. The molecule has 1 aromatic rings. The van der Waals surface area contributed by atoms with Crippen LogP contribution in [0.15, 0.2) is 16.6 Å². The summed E-state index contributed by atoms with van der Waals surface area (Å²) in [6, 6.07) is 1.66. The maximum absolute atomic E-state index is 13.7. The summed E-state index contributed by atoms with van der Waals surface area (Å²) in [5.74, 6) is -4.01. The number of amides is 1. The van der Waals surface area contributed by atoms with E-state index < -0.39 is 35.8 Å². The van der Waals surface area contributed by atoms with Crippen molar-refractivity contribution in [2.75, 3.05) is 13.1 Å². The molecule has 0 atom stereocenters. The molecule has 0 unspecified atom stereocenters. The summed E-state index contributed by atoms with van der Waals surface area (Å²) in [6.45, 7) is 1.39. The molecule has 8 heteroatoms. The highest BCUT2D eigenvalue weighted by molar-refractivity contribution is 9.10. The number of rotatable bonds is 4. The summed E-state index contributed by atoms with van der Waals surface area (Å²) in [5.41, 5.74) is -0.983. The van der Waals surface area contributed by atoms with E-state index in [0.29, 0.717) is 4.90 Å². The maximum atomic E-state index is 13.7. The minimum atomic E-state index is -4.65. The lowest BCUT2D eigenvalue weighted by Gasteiger charge is -2.26. The number of hydrogen-bond donors (Lipinski definition) is 0. The first-order valence-electron chi connectivity index (χ1n) is 6.02. The lowest BCUT2D eigenvalue weighted by atomic mass is 10.1. The summed E-state index contributed by atoms with van der Waals surface area (Å²) in [7, 11) is 0. The molecule has 0 saturated carbocycles. The lowest BCUT2D eigenvalue weighted by molar-refractivity contribution is -0.141. The van der Waals surface area contributed by atoms with Crippen LogP contribution >= 0.6 is 15.9 Å². The second kappa shape index (κ2) is 6.72. The van der Waals surface area contributed by atoms with Crippen molar-refractivity contribution < 1.29 is 26.7 Å². The molecule has 0 N–H and O–H groups in total. The van der Waals surface area contributed by atoms with Crippen LogP contribution in [-0.2, 0) is 0 Å². The smallest absolute Gasteiger partial charge is 0.329 e. The van der Waals surface area contributed by atoms with Gasteiger partial charge >= 0.3 is 6.18 Å². The number of alkyl halides is 3. The fraction of sp³-hybridized carbons (Fsp3) is 0.462. The van der Waals surface area contributed by atoms with Gasteiger partial charge in [-0.3, -0.25) is 4.79 Å². The Morgan fingerprint density at radius 3 is 2.10 bits per heavy atom. The molecule has 2 nitrogen and oxygen atoms in total. The summed E-state index contributed by atoms with van der Waals surface area (Å²) in [5, 5.41) is 0. The third kappa shape index (κ3) is 5.26. The van der Waals surface area contributed by atoms with Crippen molar-refractivity contribution in [1.29, 1.82) is 0 Å². The van der Waals surface area contributed by atoms with E-state index in [0.717, 1.165) is 12.1 Å². The van der Waals surface area contributed by atoms with Gasteiger partial charge in [-0.2, -0.15) is 13.2 Å². The van der Waals surface area contributed by atoms with Crippen molar-refractivity contribution in [3.8, 4) is 0 Å². The second-order valence-corrected chi connectivity index (χ2v) is 5.85. The van der Waals surface area contributed by atoms with Crippen LogP contribution in [0.25, 0.3) is 0 Å². The van der Waals surface area contributed by atoms with Crippen LogP contribution in [0.3, 0.4) is 0 Å². The molecular weight excluding hydrogens is 361 g/mol. The molecule has 0 aliphatic heterocycles. The Morgan fingerprint density at radius 1 is 1.24 bits per heavy atom. The summed E-state index contributed by atoms with van der Waals surface area (Å²) in [6.07, 6.45) is -4.65. The number of hydrogen-bond acceptors (Lipinski definition) is 1. The standard InChI is InChI=1S/C13H13BrF5NO/c1-7(2)5-20(6-13(17,18)19)12(21)11-9(15)3-8(14)4-10(11)16/h3-4,7H,5-6H2,1-2H3. The average molecular weight is 374 g/mol. The highest BCUT2D eigenvalue weighted by Crippen LogP contribution is 2.24. The second-order valence-electron chi connectivity index (χ2n) is 4.94. The molecule has 0 bridgehead atoms. The van der Waals surface area contributed by atoms with Crippen molar-refractivity contribution in [2.24, 2.45) is 5.92 Å². The zero-order chi connectivity index (χ0) is 16.4. The van der Waals surface area contributed by atoms with Gasteiger partial charge in [0.05, 0.1) is 0 Å². The van der Waals surface area contributed by atoms with E-state index in [9.17, 15) is 26.7 Å². The minimum Gasteiger partial charge on any atom is -0.329 e. The largest absolute Gasteiger partial charge is 0.406 e. The molecule has 21 heavy (non-hydrogen) atoms. The topological polar surface area (TPSA) is 20.3 Å². The molecule has 0 aliphatic carbocycles. The van der Waals surface area contributed by atoms with Gasteiger partial charge in [-0.05, 0) is 18.1 Å². The van der Waals surface area contributed by atoms with Crippen molar-refractivity contribution in [1.82, 2.24) is 4.90 Å². The fourth-order valence-electron chi connectivity index (χ4n) is 1.78. The molecule has 118 valence electrons. The Labute approximate surface area is 127 Å². The van der Waals surface area contributed by atoms with Crippen LogP contribution < -0.4 is 0 Å². The fourth-order valence-corrected chi connectivity index (χ4v) is 2.18. The maximum Gasteiger partial charge on any atom is 0.406 e. The highest BCUT2D eigenvalue weighted by atomic mass is 79.9. The summed E-state index contributed by atoms with van der Waals surface area (Å²) in [4.78, 5) is 12.4. The van der Waals surface area contributed by atoms with Gasteiger partial charge in [0, 0.05) is 11.0 Å². The molecule has 0 radical (unpaired) electrons. The van der Waals surface area contributed by atoms with Crippen LogP contribution in [0.4, 0.5) is 22.0 Å². The first-order chi connectivity index (χ1) is 9.51. The molecule has 0 heterocycles. The van der Waals surface area contributed by atoms with E-state index in [-0.39, 0.29) is 16.9 Å². The van der Waals surface area contributed by atoms with Crippen molar-refractivity contribution in [3.05, 3.63) is 33.8 Å². The van der Waals surface area contributed by atoms with Gasteiger partial charge in [-0.1, -0.05) is 29.8 Å². The number of halogens is 6. The van der Waals surface area contributed by atoms with Crippen LogP contribution in [0.2, 0.25) is 0 Å². The Hall–Kier alpha value is -1.18. The number of carbonyl (C=O) groups excluding carboxylic acids is 1. The van der Waals surface area contributed by atoms with E-state index in [4.69, 9.17) is 0 Å². The van der Waals surface area contributed by atoms with Gasteiger partial charge in [0.1, 0.15) is 23.7 Å². The molecular formula is C13H13BrF5NO. The van der Waals surface area contributed by atoms with E-state index in [1.807, 2.05) is 0 Å². The van der Waals surface area contributed by atoms with Gasteiger partial charge < -0.3 is 4.90 Å². The van der Waals surface area contributed by atoms with Crippen LogP contribution in [0.5, 0.6) is 0 Å². The van der Waals surface area contributed by atoms with Gasteiger partial charge in [-0.15, -0.1) is 0 Å². The number of carbonyl (C=O) groups is 1. The molecule has 0 spiro atoms. The molecule has 1 rings (SSSR count). The van der Waals surface area contributed by atoms with Crippen LogP contribution in [0.1, 0.15) is 24.2 Å². The zero-order valence-corrected chi connectivity index (χ0v) is 12.9. The predicted octanol–water partition coefficient (Wildman–Crippen LogP) is 4.39. The Kier molecular flexibility index (Phi) is 5.72. The Balaban J connectivity index is 3.16. The van der Waals surface area contributed by atoms with Crippen molar-refractivity contribution in [3.63, 3.8) is 0 Å². The van der Waals surface area contributed by atoms with Crippen molar-refractivity contribution in [2.45, 2.75) is 20.0 Å². The van der Waals surface area contributed by atoms with Gasteiger partial charge in [0.25, 0.3) is 5.91 Å². The first kappa shape index (κ1) is 17.9. The van der Waals surface area contributed by atoms with E-state index in [2.05, 4.69) is 15.9 Å². The molecule has 0 aromatic heterocycles. The molecule has 0 saturated heterocycles.